The standard InChI is InChI=1S/C11H14ClNS/c1-2-6-10(13-11(12)14)9-7-4-3-5-8-9/h3-5,7-8,10H,2,6H2,1H3,(H,13,14). The van der Waals surface area contributed by atoms with Gasteiger partial charge in [-0.25, -0.2) is 0 Å². The van der Waals surface area contributed by atoms with E-state index in [-0.39, 0.29) is 6.04 Å². The highest BCUT2D eigenvalue weighted by Crippen LogP contribution is 2.18. The first-order chi connectivity index (χ1) is 6.74. The van der Waals surface area contributed by atoms with Crippen molar-refractivity contribution in [2.45, 2.75) is 25.8 Å². The van der Waals surface area contributed by atoms with Crippen molar-refractivity contribution < 1.29 is 0 Å². The summed E-state index contributed by atoms with van der Waals surface area (Å²) < 4.78 is 0.340. The number of hydrogen-bond acceptors (Lipinski definition) is 1. The molecule has 0 bridgehead atoms. The molecule has 1 aromatic rings. The van der Waals surface area contributed by atoms with E-state index in [0.717, 1.165) is 12.8 Å². The first kappa shape index (κ1) is 11.5. The van der Waals surface area contributed by atoms with Crippen LogP contribution in [-0.2, 0) is 0 Å². The van der Waals surface area contributed by atoms with Crippen LogP contribution in [0.1, 0.15) is 31.4 Å². The van der Waals surface area contributed by atoms with Crippen molar-refractivity contribution in [1.29, 1.82) is 0 Å². The predicted octanol–water partition coefficient (Wildman–Crippen LogP) is 3.64. The van der Waals surface area contributed by atoms with Crippen LogP contribution in [0.4, 0.5) is 0 Å². The van der Waals surface area contributed by atoms with Crippen LogP contribution in [0.25, 0.3) is 0 Å². The molecule has 0 aromatic heterocycles. The second-order valence-corrected chi connectivity index (χ2v) is 4.18. The van der Waals surface area contributed by atoms with Gasteiger partial charge in [0.25, 0.3) is 0 Å². The molecule has 0 aliphatic carbocycles. The summed E-state index contributed by atoms with van der Waals surface area (Å²) in [6, 6.07) is 10.5. The van der Waals surface area contributed by atoms with Crippen LogP contribution in [-0.4, -0.2) is 4.45 Å². The SMILES string of the molecule is CCCC(NC(=S)Cl)c1ccccc1. The predicted molar refractivity (Wildman–Crippen MR) is 65.7 cm³/mol. The lowest BCUT2D eigenvalue weighted by molar-refractivity contribution is 0.587. The molecule has 76 valence electrons. The van der Waals surface area contributed by atoms with Gasteiger partial charge >= 0.3 is 0 Å². The largest absolute Gasteiger partial charge is 0.360 e. The van der Waals surface area contributed by atoms with E-state index in [1.54, 1.807) is 0 Å². The number of benzene rings is 1. The molecule has 0 aliphatic rings. The summed E-state index contributed by atoms with van der Waals surface area (Å²) in [5.74, 6) is 0. The lowest BCUT2D eigenvalue weighted by atomic mass is 10.0. The smallest absolute Gasteiger partial charge is 0.167 e. The minimum absolute atomic E-state index is 0.242. The summed E-state index contributed by atoms with van der Waals surface area (Å²) >= 11 is 10.5. The van der Waals surface area contributed by atoms with Gasteiger partial charge in [0.1, 0.15) is 0 Å². The Morgan fingerprint density at radius 2 is 2.07 bits per heavy atom. The van der Waals surface area contributed by atoms with Crippen LogP contribution in [0, 0.1) is 0 Å². The topological polar surface area (TPSA) is 12.0 Å². The molecule has 0 amide bonds. The van der Waals surface area contributed by atoms with Gasteiger partial charge in [-0.1, -0.05) is 55.3 Å². The van der Waals surface area contributed by atoms with Gasteiger partial charge in [0.15, 0.2) is 4.45 Å². The Morgan fingerprint density at radius 1 is 1.43 bits per heavy atom. The van der Waals surface area contributed by atoms with Crippen molar-refractivity contribution >= 4 is 28.3 Å². The summed E-state index contributed by atoms with van der Waals surface area (Å²) in [6.45, 7) is 2.15. The van der Waals surface area contributed by atoms with Crippen LogP contribution in [0.5, 0.6) is 0 Å². The number of halogens is 1. The Bertz CT molecular complexity index is 287. The highest BCUT2D eigenvalue weighted by molar-refractivity contribution is 7.83. The Balaban J connectivity index is 2.72. The average molecular weight is 228 g/mol. The molecule has 1 aromatic carbocycles. The van der Waals surface area contributed by atoms with E-state index in [1.165, 1.54) is 5.56 Å². The molecule has 0 aliphatic heterocycles. The second kappa shape index (κ2) is 5.99. The van der Waals surface area contributed by atoms with Gasteiger partial charge in [-0.3, -0.25) is 0 Å². The molecule has 1 N–H and O–H groups in total. The van der Waals surface area contributed by atoms with Crippen LogP contribution in [0.2, 0.25) is 0 Å². The van der Waals surface area contributed by atoms with E-state index < -0.39 is 0 Å². The molecule has 0 saturated heterocycles. The highest BCUT2D eigenvalue weighted by atomic mass is 35.5. The van der Waals surface area contributed by atoms with Crippen LogP contribution >= 0.6 is 23.8 Å². The Hall–Kier alpha value is -0.600. The van der Waals surface area contributed by atoms with E-state index >= 15 is 0 Å². The van der Waals surface area contributed by atoms with Gasteiger partial charge in [0, 0.05) is 0 Å². The van der Waals surface area contributed by atoms with Gasteiger partial charge in [-0.05, 0) is 24.2 Å². The van der Waals surface area contributed by atoms with Crippen LogP contribution < -0.4 is 5.32 Å². The number of thiocarbonyl (C=S) groups is 1. The van der Waals surface area contributed by atoms with Crippen molar-refractivity contribution in [1.82, 2.24) is 5.32 Å². The number of hydrogen-bond donors (Lipinski definition) is 1. The van der Waals surface area contributed by atoms with E-state index in [4.69, 9.17) is 23.8 Å². The van der Waals surface area contributed by atoms with Crippen molar-refractivity contribution in [3.63, 3.8) is 0 Å². The molecule has 0 heterocycles. The molecule has 0 radical (unpaired) electrons. The van der Waals surface area contributed by atoms with Gasteiger partial charge in [0.05, 0.1) is 6.04 Å². The maximum Gasteiger partial charge on any atom is 0.167 e. The summed E-state index contributed by atoms with van der Waals surface area (Å²) in [5, 5.41) is 3.09. The maximum absolute atomic E-state index is 5.68. The third-order valence-electron chi connectivity index (χ3n) is 2.07. The molecule has 0 spiro atoms. The molecule has 1 unspecified atom stereocenters. The van der Waals surface area contributed by atoms with Crippen molar-refractivity contribution in [2.24, 2.45) is 0 Å². The summed E-state index contributed by atoms with van der Waals surface area (Å²) in [7, 11) is 0. The van der Waals surface area contributed by atoms with E-state index in [2.05, 4.69) is 24.4 Å². The molecule has 1 rings (SSSR count). The fraction of sp³-hybridized carbons (Fsp3) is 0.364. The fourth-order valence-electron chi connectivity index (χ4n) is 1.43. The van der Waals surface area contributed by atoms with E-state index in [9.17, 15) is 0 Å². The van der Waals surface area contributed by atoms with Crippen LogP contribution in [0.15, 0.2) is 30.3 Å². The Labute approximate surface area is 95.5 Å². The van der Waals surface area contributed by atoms with Gasteiger partial charge < -0.3 is 5.32 Å². The summed E-state index contributed by atoms with van der Waals surface area (Å²) in [6.07, 6.45) is 2.14. The third kappa shape index (κ3) is 3.64. The molecule has 1 nitrogen and oxygen atoms in total. The van der Waals surface area contributed by atoms with E-state index in [0.29, 0.717) is 4.45 Å². The van der Waals surface area contributed by atoms with Crippen molar-refractivity contribution in [3.05, 3.63) is 35.9 Å². The monoisotopic (exact) mass is 227 g/mol. The Morgan fingerprint density at radius 3 is 2.57 bits per heavy atom. The summed E-state index contributed by atoms with van der Waals surface area (Å²) in [4.78, 5) is 0. The van der Waals surface area contributed by atoms with Gasteiger partial charge in [-0.2, -0.15) is 0 Å². The first-order valence-electron chi connectivity index (χ1n) is 4.75. The third-order valence-corrected chi connectivity index (χ3v) is 2.29. The average Bonchev–Trinajstić information content (AvgIpc) is 2.18. The quantitative estimate of drug-likeness (QED) is 0.479. The number of nitrogens with one attached hydrogen (secondary N) is 1. The molecular formula is C11H14ClNS. The molecule has 0 fully saturated rings. The van der Waals surface area contributed by atoms with Crippen LogP contribution in [0.3, 0.4) is 0 Å². The molecule has 0 saturated carbocycles. The minimum Gasteiger partial charge on any atom is -0.360 e. The minimum atomic E-state index is 0.242. The zero-order valence-electron chi connectivity index (χ0n) is 8.16. The zero-order valence-corrected chi connectivity index (χ0v) is 9.74. The lowest BCUT2D eigenvalue weighted by Crippen LogP contribution is -2.23. The van der Waals surface area contributed by atoms with Gasteiger partial charge in [-0.15, -0.1) is 0 Å². The molecule has 1 atom stereocenters. The highest BCUT2D eigenvalue weighted by Gasteiger charge is 2.09. The lowest BCUT2D eigenvalue weighted by Gasteiger charge is -2.17. The van der Waals surface area contributed by atoms with E-state index in [1.807, 2.05) is 18.2 Å². The van der Waals surface area contributed by atoms with Crippen molar-refractivity contribution in [2.75, 3.05) is 0 Å². The van der Waals surface area contributed by atoms with Gasteiger partial charge in [0.2, 0.25) is 0 Å². The molecule has 14 heavy (non-hydrogen) atoms. The number of rotatable bonds is 4. The van der Waals surface area contributed by atoms with Crippen molar-refractivity contribution in [3.8, 4) is 0 Å². The second-order valence-electron chi connectivity index (χ2n) is 3.17. The molecular weight excluding hydrogens is 214 g/mol. The summed E-state index contributed by atoms with van der Waals surface area (Å²) in [5.41, 5.74) is 1.23. The first-order valence-corrected chi connectivity index (χ1v) is 5.53. The molecule has 3 heteroatoms. The zero-order chi connectivity index (χ0) is 10.4. The normalized spacial score (nSPS) is 12.1. The fourth-order valence-corrected chi connectivity index (χ4v) is 1.71. The maximum atomic E-state index is 5.68. The Kier molecular flexibility index (Phi) is 4.91.